The van der Waals surface area contributed by atoms with Gasteiger partial charge in [0, 0.05) is 51.4 Å². The molecule has 0 aliphatic carbocycles. The molecule has 0 spiro atoms. The first-order valence-corrected chi connectivity index (χ1v) is 13.5. The van der Waals surface area contributed by atoms with Gasteiger partial charge in [0.25, 0.3) is 5.91 Å². The zero-order chi connectivity index (χ0) is 27.5. The van der Waals surface area contributed by atoms with Gasteiger partial charge in [0.2, 0.25) is 0 Å². The van der Waals surface area contributed by atoms with Gasteiger partial charge in [-0.05, 0) is 38.7 Å². The van der Waals surface area contributed by atoms with Gasteiger partial charge in [0.15, 0.2) is 0 Å². The van der Waals surface area contributed by atoms with Gasteiger partial charge < -0.3 is 18.8 Å². The van der Waals surface area contributed by atoms with Gasteiger partial charge in [0.1, 0.15) is 0 Å². The summed E-state index contributed by atoms with van der Waals surface area (Å²) in [5.74, 6) is -0.0246. The summed E-state index contributed by atoms with van der Waals surface area (Å²) in [6.07, 6.45) is 7.84. The van der Waals surface area contributed by atoms with Crippen LogP contribution in [0.15, 0.2) is 110 Å². The normalized spacial score (nSPS) is 11.3. The number of aromatic nitrogens is 3. The third kappa shape index (κ3) is 5.14. The summed E-state index contributed by atoms with van der Waals surface area (Å²) < 4.78 is 9.50. The van der Waals surface area contributed by atoms with Crippen molar-refractivity contribution in [2.45, 2.75) is 13.1 Å². The van der Waals surface area contributed by atoms with E-state index in [2.05, 4.69) is 93.1 Å². The number of nitrogens with zero attached hydrogens (tertiary/aromatic N) is 4. The van der Waals surface area contributed by atoms with E-state index in [1.54, 1.807) is 12.0 Å². The van der Waals surface area contributed by atoms with Crippen LogP contribution in [0.3, 0.4) is 0 Å². The number of rotatable bonds is 9. The Morgan fingerprint density at radius 3 is 2.48 bits per heavy atom. The minimum absolute atomic E-state index is 0.0246. The lowest BCUT2D eigenvalue weighted by atomic mass is 9.97. The molecule has 2 heterocycles. The van der Waals surface area contributed by atoms with Crippen molar-refractivity contribution >= 4 is 27.5 Å². The molecule has 0 aliphatic rings. The SMILES string of the molecule is COCCN(C)C(=O)c1cn(Cc2cncn2Cc2ccc3ccccc3c2)cc1-c1cccc2ccccc12. The van der Waals surface area contributed by atoms with Gasteiger partial charge in [0.05, 0.1) is 30.7 Å². The quantitative estimate of drug-likeness (QED) is 0.216. The Kier molecular flexibility index (Phi) is 7.17. The summed E-state index contributed by atoms with van der Waals surface area (Å²) in [7, 11) is 3.47. The predicted octanol–water partition coefficient (Wildman–Crippen LogP) is 6.47. The first-order valence-electron chi connectivity index (χ1n) is 13.5. The summed E-state index contributed by atoms with van der Waals surface area (Å²) in [4.78, 5) is 19.8. The van der Waals surface area contributed by atoms with Crippen LogP contribution in [0, 0.1) is 0 Å². The predicted molar refractivity (Wildman–Crippen MR) is 161 cm³/mol. The van der Waals surface area contributed by atoms with Crippen molar-refractivity contribution in [1.82, 2.24) is 19.0 Å². The minimum Gasteiger partial charge on any atom is -0.383 e. The average molecular weight is 529 g/mol. The standard InChI is InChI=1S/C34H32N4O2/c1-36(16-17-40-2)34(39)33-23-37(22-32(33)31-13-7-11-27-9-5-6-12-30(27)31)21-29-19-35-24-38(29)20-25-14-15-26-8-3-4-10-28(26)18-25/h3-15,18-19,22-24H,16-17,20-21H2,1-2H3. The smallest absolute Gasteiger partial charge is 0.255 e. The number of ether oxygens (including phenoxy) is 1. The van der Waals surface area contributed by atoms with E-state index < -0.39 is 0 Å². The number of imidazole rings is 1. The molecule has 4 aromatic carbocycles. The summed E-state index contributed by atoms with van der Waals surface area (Å²) in [5.41, 5.74) is 4.93. The molecule has 6 aromatic rings. The van der Waals surface area contributed by atoms with E-state index in [0.717, 1.165) is 34.1 Å². The fourth-order valence-corrected chi connectivity index (χ4v) is 5.32. The number of likely N-dealkylation sites (N-methyl/N-ethyl adjacent to an activating group) is 1. The van der Waals surface area contributed by atoms with Crippen molar-refractivity contribution in [3.05, 3.63) is 127 Å². The maximum Gasteiger partial charge on any atom is 0.255 e. The summed E-state index contributed by atoms with van der Waals surface area (Å²) >= 11 is 0. The molecular weight excluding hydrogens is 496 g/mol. The van der Waals surface area contributed by atoms with Gasteiger partial charge in [-0.1, -0.05) is 78.9 Å². The molecule has 0 atom stereocenters. The van der Waals surface area contributed by atoms with E-state index in [0.29, 0.717) is 25.3 Å². The molecule has 2 aromatic heterocycles. The van der Waals surface area contributed by atoms with Crippen LogP contribution in [0.2, 0.25) is 0 Å². The molecule has 40 heavy (non-hydrogen) atoms. The Labute approximate surface area is 234 Å². The van der Waals surface area contributed by atoms with Crippen LogP contribution >= 0.6 is 0 Å². The van der Waals surface area contributed by atoms with Gasteiger partial charge in [-0.25, -0.2) is 4.98 Å². The first kappa shape index (κ1) is 25.6. The summed E-state index contributed by atoms with van der Waals surface area (Å²) in [6.45, 7) is 2.33. The number of amides is 1. The van der Waals surface area contributed by atoms with Crippen molar-refractivity contribution in [1.29, 1.82) is 0 Å². The highest BCUT2D eigenvalue weighted by atomic mass is 16.5. The maximum atomic E-state index is 13.7. The zero-order valence-electron chi connectivity index (χ0n) is 22.8. The molecule has 1 amide bonds. The summed E-state index contributed by atoms with van der Waals surface area (Å²) in [6, 6.07) is 29.5. The average Bonchev–Trinajstić information content (AvgIpc) is 3.62. The lowest BCUT2D eigenvalue weighted by Crippen LogP contribution is -2.30. The van der Waals surface area contributed by atoms with E-state index >= 15 is 0 Å². The number of benzene rings is 4. The van der Waals surface area contributed by atoms with Crippen LogP contribution in [-0.2, 0) is 17.8 Å². The second-order valence-electron chi connectivity index (χ2n) is 10.2. The highest BCUT2D eigenvalue weighted by Gasteiger charge is 2.21. The van der Waals surface area contributed by atoms with Gasteiger partial charge in [-0.3, -0.25) is 4.79 Å². The van der Waals surface area contributed by atoms with Crippen molar-refractivity contribution < 1.29 is 9.53 Å². The van der Waals surface area contributed by atoms with E-state index in [1.165, 1.54) is 16.3 Å². The number of hydrogen-bond donors (Lipinski definition) is 0. The molecule has 6 heteroatoms. The molecule has 0 saturated heterocycles. The molecule has 0 bridgehead atoms. The molecule has 0 saturated carbocycles. The largest absolute Gasteiger partial charge is 0.383 e. The lowest BCUT2D eigenvalue weighted by molar-refractivity contribution is 0.0745. The van der Waals surface area contributed by atoms with Gasteiger partial charge in [-0.2, -0.15) is 0 Å². The van der Waals surface area contributed by atoms with Crippen LogP contribution in [0.5, 0.6) is 0 Å². The molecule has 0 fully saturated rings. The molecule has 6 rings (SSSR count). The molecule has 6 nitrogen and oxygen atoms in total. The second kappa shape index (κ2) is 11.2. The number of carbonyl (C=O) groups is 1. The van der Waals surface area contributed by atoms with Crippen LogP contribution in [0.1, 0.15) is 21.6 Å². The Morgan fingerprint density at radius 1 is 0.850 bits per heavy atom. The molecule has 0 radical (unpaired) electrons. The Morgan fingerprint density at radius 2 is 1.62 bits per heavy atom. The first-order chi connectivity index (χ1) is 19.6. The van der Waals surface area contributed by atoms with Gasteiger partial charge in [-0.15, -0.1) is 0 Å². The lowest BCUT2D eigenvalue weighted by Gasteiger charge is -2.17. The minimum atomic E-state index is -0.0246. The maximum absolute atomic E-state index is 13.7. The molecule has 0 aliphatic heterocycles. The topological polar surface area (TPSA) is 52.3 Å². The van der Waals surface area contributed by atoms with Gasteiger partial charge >= 0.3 is 0 Å². The highest BCUT2D eigenvalue weighted by Crippen LogP contribution is 2.33. The molecular formula is C34H32N4O2. The van der Waals surface area contributed by atoms with E-state index in [1.807, 2.05) is 37.9 Å². The fraction of sp³-hybridized carbons (Fsp3) is 0.176. The van der Waals surface area contributed by atoms with Crippen LogP contribution in [-0.4, -0.2) is 52.2 Å². The number of hydrogen-bond acceptors (Lipinski definition) is 3. The van der Waals surface area contributed by atoms with Crippen molar-refractivity contribution in [3.8, 4) is 11.1 Å². The van der Waals surface area contributed by atoms with E-state index in [4.69, 9.17) is 4.74 Å². The van der Waals surface area contributed by atoms with Crippen LogP contribution in [0.25, 0.3) is 32.7 Å². The molecule has 200 valence electrons. The van der Waals surface area contributed by atoms with Crippen LogP contribution < -0.4 is 0 Å². The third-order valence-corrected chi connectivity index (χ3v) is 7.48. The van der Waals surface area contributed by atoms with Crippen molar-refractivity contribution in [2.24, 2.45) is 0 Å². The van der Waals surface area contributed by atoms with Crippen molar-refractivity contribution in [3.63, 3.8) is 0 Å². The van der Waals surface area contributed by atoms with E-state index in [9.17, 15) is 4.79 Å². The Bertz CT molecular complexity index is 1790. The number of fused-ring (bicyclic) bond motifs is 2. The monoisotopic (exact) mass is 528 g/mol. The van der Waals surface area contributed by atoms with Crippen LogP contribution in [0.4, 0.5) is 0 Å². The van der Waals surface area contributed by atoms with E-state index in [-0.39, 0.29) is 5.91 Å². The highest BCUT2D eigenvalue weighted by molar-refractivity contribution is 6.06. The zero-order valence-corrected chi connectivity index (χ0v) is 22.8. The fourth-order valence-electron chi connectivity index (χ4n) is 5.32. The Hall–Kier alpha value is -4.68. The molecule has 0 unspecified atom stereocenters. The molecule has 0 N–H and O–H groups in total. The Balaban J connectivity index is 1.35. The van der Waals surface area contributed by atoms with Crippen molar-refractivity contribution in [2.75, 3.05) is 27.3 Å². The summed E-state index contributed by atoms with van der Waals surface area (Å²) in [5, 5.41) is 4.73. The number of carbonyl (C=O) groups excluding carboxylic acids is 1. The third-order valence-electron chi connectivity index (χ3n) is 7.48. The number of methoxy groups -OCH3 is 1. The second-order valence-corrected chi connectivity index (χ2v) is 10.2.